The Morgan fingerprint density at radius 2 is 1.91 bits per heavy atom. The van der Waals surface area contributed by atoms with E-state index in [4.69, 9.17) is 39.2 Å². The Bertz CT molecular complexity index is 1510. The molecule has 0 aliphatic rings. The van der Waals surface area contributed by atoms with Gasteiger partial charge in [0.05, 0.1) is 23.8 Å². The standard InChI is InChI=1S/C25H16Cl3N3O2/c1-14-4-7-20-18(9-14)22(24(28)31(20)13-16-5-6-17(26)10-19(16)27)23(32)25-30-12-21(33-25)15-3-2-8-29-11-15/h2-12H,13H2,1H3. The van der Waals surface area contributed by atoms with Crippen LogP contribution in [0.5, 0.6) is 0 Å². The third-order valence-corrected chi connectivity index (χ3v) is 6.35. The number of halogens is 3. The maximum absolute atomic E-state index is 13.5. The summed E-state index contributed by atoms with van der Waals surface area (Å²) in [6, 6.07) is 14.8. The second-order valence-electron chi connectivity index (χ2n) is 7.61. The topological polar surface area (TPSA) is 60.9 Å². The molecule has 0 aliphatic heterocycles. The highest BCUT2D eigenvalue weighted by atomic mass is 35.5. The number of carbonyl (C=O) groups excluding carboxylic acids is 1. The highest BCUT2D eigenvalue weighted by Gasteiger charge is 2.26. The van der Waals surface area contributed by atoms with Gasteiger partial charge in [0, 0.05) is 33.4 Å². The number of ketones is 1. The predicted molar refractivity (Wildman–Crippen MR) is 130 cm³/mol. The number of hydrogen-bond acceptors (Lipinski definition) is 4. The molecule has 0 atom stereocenters. The first-order valence-corrected chi connectivity index (χ1v) is 11.2. The molecule has 3 aromatic heterocycles. The molecule has 0 amide bonds. The first-order chi connectivity index (χ1) is 15.9. The van der Waals surface area contributed by atoms with Crippen molar-refractivity contribution >= 4 is 51.5 Å². The molecule has 2 aromatic carbocycles. The van der Waals surface area contributed by atoms with E-state index in [0.29, 0.717) is 27.9 Å². The van der Waals surface area contributed by atoms with E-state index in [1.807, 2.05) is 41.8 Å². The summed E-state index contributed by atoms with van der Waals surface area (Å²) in [5.41, 5.74) is 3.69. The molecule has 0 fully saturated rings. The SMILES string of the molecule is Cc1ccc2c(c1)c(C(=O)c1ncc(-c3cccnc3)o1)c(Cl)n2Cc1ccc(Cl)cc1Cl. The van der Waals surface area contributed by atoms with Gasteiger partial charge < -0.3 is 8.98 Å². The van der Waals surface area contributed by atoms with Crippen LogP contribution < -0.4 is 0 Å². The van der Waals surface area contributed by atoms with Crippen LogP contribution >= 0.6 is 34.8 Å². The number of oxazole rings is 1. The van der Waals surface area contributed by atoms with Gasteiger partial charge in [0.25, 0.3) is 11.7 Å². The van der Waals surface area contributed by atoms with Crippen molar-refractivity contribution in [1.82, 2.24) is 14.5 Å². The molecule has 5 aromatic rings. The zero-order valence-corrected chi connectivity index (χ0v) is 19.6. The first kappa shape index (κ1) is 21.7. The van der Waals surface area contributed by atoms with Crippen LogP contribution in [0.15, 0.2) is 71.5 Å². The lowest BCUT2D eigenvalue weighted by molar-refractivity contribution is 0.100. The summed E-state index contributed by atoms with van der Waals surface area (Å²) >= 11 is 19.2. The molecular weight excluding hydrogens is 481 g/mol. The van der Waals surface area contributed by atoms with Gasteiger partial charge in [-0.1, -0.05) is 52.5 Å². The number of benzene rings is 2. The summed E-state index contributed by atoms with van der Waals surface area (Å²) in [4.78, 5) is 21.8. The van der Waals surface area contributed by atoms with Crippen molar-refractivity contribution in [3.63, 3.8) is 0 Å². The van der Waals surface area contributed by atoms with Crippen molar-refractivity contribution in [2.24, 2.45) is 0 Å². The van der Waals surface area contributed by atoms with E-state index < -0.39 is 5.78 Å². The number of hydrogen-bond donors (Lipinski definition) is 0. The Labute approximate surface area is 204 Å². The van der Waals surface area contributed by atoms with Crippen LogP contribution in [0.25, 0.3) is 22.2 Å². The molecule has 8 heteroatoms. The summed E-state index contributed by atoms with van der Waals surface area (Å²) in [5.74, 6) is 0.0166. The van der Waals surface area contributed by atoms with Gasteiger partial charge in [0.1, 0.15) is 5.15 Å². The van der Waals surface area contributed by atoms with Gasteiger partial charge in [-0.2, -0.15) is 0 Å². The van der Waals surface area contributed by atoms with Gasteiger partial charge in [-0.05, 0) is 48.9 Å². The highest BCUT2D eigenvalue weighted by Crippen LogP contribution is 2.35. The van der Waals surface area contributed by atoms with Crippen molar-refractivity contribution in [2.45, 2.75) is 13.5 Å². The van der Waals surface area contributed by atoms with Gasteiger partial charge in [-0.3, -0.25) is 9.78 Å². The van der Waals surface area contributed by atoms with E-state index in [9.17, 15) is 4.79 Å². The smallest absolute Gasteiger partial charge is 0.268 e. The summed E-state index contributed by atoms with van der Waals surface area (Å²) in [6.45, 7) is 2.33. The number of fused-ring (bicyclic) bond motifs is 1. The van der Waals surface area contributed by atoms with E-state index in [1.165, 1.54) is 6.20 Å². The van der Waals surface area contributed by atoms with Crippen LogP contribution in [0, 0.1) is 6.92 Å². The molecular formula is C25H16Cl3N3O2. The molecule has 0 spiro atoms. The molecule has 5 rings (SSSR count). The third kappa shape index (κ3) is 4.04. The molecule has 0 saturated heterocycles. The quantitative estimate of drug-likeness (QED) is 0.241. The van der Waals surface area contributed by atoms with Crippen molar-refractivity contribution in [2.75, 3.05) is 0 Å². The van der Waals surface area contributed by atoms with Crippen LogP contribution in [0.2, 0.25) is 15.2 Å². The molecule has 0 bridgehead atoms. The van der Waals surface area contributed by atoms with E-state index in [0.717, 1.165) is 27.6 Å². The fourth-order valence-electron chi connectivity index (χ4n) is 3.76. The second kappa shape index (κ2) is 8.67. The van der Waals surface area contributed by atoms with Gasteiger partial charge in [-0.25, -0.2) is 4.98 Å². The Morgan fingerprint density at radius 3 is 2.67 bits per heavy atom. The Balaban J connectivity index is 1.61. The molecule has 0 radical (unpaired) electrons. The minimum Gasteiger partial charge on any atom is -0.433 e. The number of aromatic nitrogens is 3. The molecule has 0 saturated carbocycles. The maximum Gasteiger partial charge on any atom is 0.268 e. The Hall–Kier alpha value is -3.12. The zero-order valence-electron chi connectivity index (χ0n) is 17.3. The molecule has 164 valence electrons. The normalized spacial score (nSPS) is 11.3. The average molecular weight is 497 g/mol. The molecule has 33 heavy (non-hydrogen) atoms. The van der Waals surface area contributed by atoms with Gasteiger partial charge in [-0.15, -0.1) is 0 Å². The molecule has 0 aliphatic carbocycles. The van der Waals surface area contributed by atoms with Crippen LogP contribution in [0.1, 0.15) is 27.4 Å². The second-order valence-corrected chi connectivity index (χ2v) is 8.81. The first-order valence-electron chi connectivity index (χ1n) is 10.1. The zero-order chi connectivity index (χ0) is 23.1. The molecule has 0 N–H and O–H groups in total. The lowest BCUT2D eigenvalue weighted by atomic mass is 10.1. The van der Waals surface area contributed by atoms with Crippen molar-refractivity contribution in [3.05, 3.63) is 105 Å². The third-order valence-electron chi connectivity index (χ3n) is 5.37. The Kier molecular flexibility index (Phi) is 5.71. The van der Waals surface area contributed by atoms with E-state index in [1.54, 1.807) is 30.6 Å². The molecule has 5 nitrogen and oxygen atoms in total. The Morgan fingerprint density at radius 1 is 1.06 bits per heavy atom. The monoisotopic (exact) mass is 495 g/mol. The van der Waals surface area contributed by atoms with Crippen molar-refractivity contribution < 1.29 is 9.21 Å². The lowest BCUT2D eigenvalue weighted by Gasteiger charge is -2.10. The summed E-state index contributed by atoms with van der Waals surface area (Å²) in [7, 11) is 0. The number of pyridine rings is 1. The largest absolute Gasteiger partial charge is 0.433 e. The van der Waals surface area contributed by atoms with Crippen LogP contribution in [0.4, 0.5) is 0 Å². The fourth-order valence-corrected chi connectivity index (χ4v) is 4.56. The number of aryl methyl sites for hydroxylation is 1. The number of nitrogens with zero attached hydrogens (tertiary/aromatic N) is 3. The highest BCUT2D eigenvalue weighted by molar-refractivity contribution is 6.37. The maximum atomic E-state index is 13.5. The van der Waals surface area contributed by atoms with E-state index in [2.05, 4.69) is 9.97 Å². The fraction of sp³-hybridized carbons (Fsp3) is 0.0800. The summed E-state index contributed by atoms with van der Waals surface area (Å²) < 4.78 is 7.63. The van der Waals surface area contributed by atoms with Crippen LogP contribution in [-0.4, -0.2) is 20.3 Å². The van der Waals surface area contributed by atoms with Crippen molar-refractivity contribution in [3.8, 4) is 11.3 Å². The van der Waals surface area contributed by atoms with Crippen LogP contribution in [-0.2, 0) is 6.54 Å². The van der Waals surface area contributed by atoms with Crippen molar-refractivity contribution in [1.29, 1.82) is 0 Å². The van der Waals surface area contributed by atoms with Gasteiger partial charge in [0.15, 0.2) is 5.76 Å². The minimum absolute atomic E-state index is 0.0409. The lowest BCUT2D eigenvalue weighted by Crippen LogP contribution is -2.04. The minimum atomic E-state index is -0.397. The molecule has 3 heterocycles. The van der Waals surface area contributed by atoms with Crippen LogP contribution in [0.3, 0.4) is 0 Å². The van der Waals surface area contributed by atoms with Gasteiger partial charge in [0.2, 0.25) is 0 Å². The average Bonchev–Trinajstić information content (AvgIpc) is 3.39. The summed E-state index contributed by atoms with van der Waals surface area (Å²) in [6.07, 6.45) is 4.82. The number of rotatable bonds is 5. The summed E-state index contributed by atoms with van der Waals surface area (Å²) in [5, 5.41) is 2.07. The van der Waals surface area contributed by atoms with E-state index >= 15 is 0 Å². The number of carbonyl (C=O) groups is 1. The molecule has 0 unspecified atom stereocenters. The van der Waals surface area contributed by atoms with E-state index in [-0.39, 0.29) is 11.0 Å². The van der Waals surface area contributed by atoms with Gasteiger partial charge >= 0.3 is 0 Å². The predicted octanol–water partition coefficient (Wildman–Crippen LogP) is 7.24.